The molecule has 0 aromatic carbocycles. The van der Waals surface area contributed by atoms with E-state index in [1.807, 2.05) is 6.92 Å². The normalized spacial score (nSPS) is 18.7. The second kappa shape index (κ2) is 14.8. The molecule has 2 aliphatic heterocycles. The number of unbranched alkanes of at least 4 members (excludes halogenated alkanes) is 1. The first-order valence-electron chi connectivity index (χ1n) is 14.0. The number of nitrogens with zero attached hydrogens (tertiary/aromatic N) is 3. The van der Waals surface area contributed by atoms with Gasteiger partial charge < -0.3 is 30.4 Å². The summed E-state index contributed by atoms with van der Waals surface area (Å²) in [5, 5.41) is 14.3. The Bertz CT molecular complexity index is 997. The molecule has 0 aromatic heterocycles. The Morgan fingerprint density at radius 2 is 1.50 bits per heavy atom. The number of aliphatic carboxylic acids is 1. The maximum absolute atomic E-state index is 13.5. The van der Waals surface area contributed by atoms with E-state index >= 15 is 0 Å². The fourth-order valence-electron chi connectivity index (χ4n) is 4.90. The lowest BCUT2D eigenvalue weighted by Gasteiger charge is -2.32. The fraction of sp³-hybridized carbons (Fsp3) is 0.741. The number of urea groups is 1. The van der Waals surface area contributed by atoms with Crippen molar-refractivity contribution in [1.82, 2.24) is 25.3 Å². The molecule has 224 valence electrons. The molecule has 2 fully saturated rings. The average Bonchev–Trinajstić information content (AvgIpc) is 3.50. The number of hydrogen-bond donors (Lipinski definition) is 3. The molecule has 3 atom stereocenters. The highest BCUT2D eigenvalue weighted by Gasteiger charge is 2.41. The zero-order valence-electron chi connectivity index (χ0n) is 24.1. The van der Waals surface area contributed by atoms with Crippen molar-refractivity contribution in [2.24, 2.45) is 11.8 Å². The van der Waals surface area contributed by atoms with Crippen LogP contribution in [0.2, 0.25) is 0 Å². The number of carbonyl (C=O) groups excluding carboxylic acids is 6. The van der Waals surface area contributed by atoms with E-state index in [0.29, 0.717) is 25.8 Å². The van der Waals surface area contributed by atoms with Gasteiger partial charge in [-0.3, -0.25) is 28.8 Å². The van der Waals surface area contributed by atoms with Gasteiger partial charge in [0.25, 0.3) is 0 Å². The number of carboxylic acid groups (broad SMARTS) is 1. The predicted molar refractivity (Wildman–Crippen MR) is 144 cm³/mol. The van der Waals surface area contributed by atoms with E-state index in [1.54, 1.807) is 27.7 Å². The van der Waals surface area contributed by atoms with Crippen molar-refractivity contribution in [2.45, 2.75) is 84.8 Å². The molecule has 0 spiro atoms. The summed E-state index contributed by atoms with van der Waals surface area (Å²) >= 11 is 0. The molecule has 13 heteroatoms. The van der Waals surface area contributed by atoms with Crippen LogP contribution in [0.1, 0.15) is 66.7 Å². The quantitative estimate of drug-likeness (QED) is 0.239. The topological polar surface area (TPSA) is 173 Å². The minimum Gasteiger partial charge on any atom is -0.480 e. The van der Waals surface area contributed by atoms with E-state index in [2.05, 4.69) is 10.6 Å². The molecule has 2 rings (SSSR count). The summed E-state index contributed by atoms with van der Waals surface area (Å²) in [5.74, 6) is -4.52. The van der Waals surface area contributed by atoms with Crippen LogP contribution in [0.3, 0.4) is 0 Å². The number of amides is 5. The predicted octanol–water partition coefficient (Wildman–Crippen LogP) is 0.410. The number of carbonyl (C=O) groups is 7. The molecular weight excluding hydrogens is 522 g/mol. The number of hydrogen-bond acceptors (Lipinski definition) is 7. The van der Waals surface area contributed by atoms with Gasteiger partial charge in [0.2, 0.25) is 29.3 Å². The molecular formula is C27H43N5O8. The van der Waals surface area contributed by atoms with Crippen molar-refractivity contribution >= 4 is 41.3 Å². The van der Waals surface area contributed by atoms with Crippen molar-refractivity contribution in [3.63, 3.8) is 0 Å². The Kier molecular flexibility index (Phi) is 12.1. The molecule has 2 heterocycles. The van der Waals surface area contributed by atoms with E-state index in [0.717, 1.165) is 11.3 Å². The molecule has 0 unspecified atom stereocenters. The minimum absolute atomic E-state index is 0.124. The minimum atomic E-state index is -1.15. The molecule has 0 radical (unpaired) electrons. The van der Waals surface area contributed by atoms with E-state index in [-0.39, 0.29) is 37.9 Å². The largest absolute Gasteiger partial charge is 0.480 e. The summed E-state index contributed by atoms with van der Waals surface area (Å²) in [6.45, 7) is 8.76. The Morgan fingerprint density at radius 1 is 0.900 bits per heavy atom. The Morgan fingerprint density at radius 3 is 2.05 bits per heavy atom. The van der Waals surface area contributed by atoms with Gasteiger partial charge in [0.15, 0.2) is 0 Å². The Hall–Kier alpha value is -3.51. The van der Waals surface area contributed by atoms with Crippen molar-refractivity contribution in [3.05, 3.63) is 0 Å². The van der Waals surface area contributed by atoms with Gasteiger partial charge in [0.1, 0.15) is 25.2 Å². The molecule has 2 saturated heterocycles. The van der Waals surface area contributed by atoms with Crippen molar-refractivity contribution < 1.29 is 38.7 Å². The Balaban J connectivity index is 2.06. The number of likely N-dealkylation sites (tertiary alicyclic amines) is 1. The summed E-state index contributed by atoms with van der Waals surface area (Å²) in [7, 11) is 0. The molecule has 0 aromatic rings. The van der Waals surface area contributed by atoms with E-state index in [9.17, 15) is 33.6 Å². The van der Waals surface area contributed by atoms with Crippen LogP contribution in [0.5, 0.6) is 0 Å². The first kappa shape index (κ1) is 32.7. The molecule has 3 N–H and O–H groups in total. The highest BCUT2D eigenvalue weighted by Crippen LogP contribution is 2.21. The number of rotatable bonds is 15. The van der Waals surface area contributed by atoms with Crippen molar-refractivity contribution in [3.8, 4) is 0 Å². The molecule has 5 amide bonds. The maximum atomic E-state index is 13.5. The van der Waals surface area contributed by atoms with Gasteiger partial charge in [-0.25, -0.2) is 4.79 Å². The van der Waals surface area contributed by atoms with Gasteiger partial charge in [-0.2, -0.15) is 0 Å². The summed E-state index contributed by atoms with van der Waals surface area (Å²) in [6, 6.07) is -3.38. The van der Waals surface area contributed by atoms with Crippen LogP contribution in [-0.4, -0.2) is 112 Å². The fourth-order valence-corrected chi connectivity index (χ4v) is 4.90. The van der Waals surface area contributed by atoms with Crippen LogP contribution in [0.4, 0.5) is 4.79 Å². The average molecular weight is 566 g/mol. The lowest BCUT2D eigenvalue weighted by Crippen LogP contribution is -2.58. The van der Waals surface area contributed by atoms with Crippen LogP contribution in [0.15, 0.2) is 0 Å². The molecule has 40 heavy (non-hydrogen) atoms. The number of Topliss-reactive ketones (excluding diaryl/α,β-unsaturated/α-hetero) is 2. The number of nitrogens with one attached hydrogen (secondary N) is 2. The molecule has 0 saturated carbocycles. The molecule has 0 aliphatic carbocycles. The van der Waals surface area contributed by atoms with E-state index in [4.69, 9.17) is 5.11 Å². The third-order valence-electron chi connectivity index (χ3n) is 7.21. The lowest BCUT2D eigenvalue weighted by molar-refractivity contribution is -0.144. The van der Waals surface area contributed by atoms with Crippen LogP contribution in [0, 0.1) is 11.8 Å². The molecule has 2 aliphatic rings. The highest BCUT2D eigenvalue weighted by molar-refractivity contribution is 6.39. The van der Waals surface area contributed by atoms with Gasteiger partial charge in [-0.1, -0.05) is 41.0 Å². The van der Waals surface area contributed by atoms with Crippen LogP contribution >= 0.6 is 0 Å². The first-order chi connectivity index (χ1) is 18.8. The van der Waals surface area contributed by atoms with Crippen LogP contribution in [-0.2, 0) is 28.8 Å². The smallest absolute Gasteiger partial charge is 0.323 e. The van der Waals surface area contributed by atoms with Crippen molar-refractivity contribution in [1.29, 1.82) is 0 Å². The highest BCUT2D eigenvalue weighted by atomic mass is 16.4. The summed E-state index contributed by atoms with van der Waals surface area (Å²) in [6.07, 6.45) is 2.41. The first-order valence-corrected chi connectivity index (χ1v) is 14.0. The SMILES string of the molecule is CCCCC(=O)C(=O)[C@@H](NC(=O)[C@@H]1CCCN1C(=O)[C@@H](NC(=O)CN1CCN(CC(=O)O)C1=O)C(C)C)C(C)C. The zero-order valence-corrected chi connectivity index (χ0v) is 24.1. The van der Waals surface area contributed by atoms with Gasteiger partial charge in [0.05, 0.1) is 6.04 Å². The third kappa shape index (κ3) is 8.49. The third-order valence-corrected chi connectivity index (χ3v) is 7.21. The second-order valence-electron chi connectivity index (χ2n) is 11.1. The van der Waals surface area contributed by atoms with Gasteiger partial charge in [-0.15, -0.1) is 0 Å². The Labute approximate surface area is 235 Å². The van der Waals surface area contributed by atoms with Gasteiger partial charge in [0, 0.05) is 26.1 Å². The lowest BCUT2D eigenvalue weighted by atomic mass is 9.94. The van der Waals surface area contributed by atoms with Crippen molar-refractivity contribution in [2.75, 3.05) is 32.7 Å². The summed E-state index contributed by atoms with van der Waals surface area (Å²) in [5.41, 5.74) is 0. The number of carboxylic acids is 1. The van der Waals surface area contributed by atoms with Gasteiger partial charge >= 0.3 is 12.0 Å². The van der Waals surface area contributed by atoms with Gasteiger partial charge in [-0.05, 0) is 31.1 Å². The number of ketones is 2. The van der Waals surface area contributed by atoms with E-state index in [1.165, 1.54) is 9.80 Å². The standard InChI is InChI=1S/C27H43N5O8/c1-6-7-10-19(33)24(37)22(16(2)3)29-25(38)18-9-8-11-32(18)26(39)23(17(4)5)28-20(34)14-30-12-13-31(27(30)40)15-21(35)36/h16-18,22-23H,6-15H2,1-5H3,(H,28,34)(H,29,38)(H,35,36)/t18-,22-,23-/m0/s1. The molecule has 0 bridgehead atoms. The monoisotopic (exact) mass is 565 g/mol. The summed E-state index contributed by atoms with van der Waals surface area (Å²) < 4.78 is 0. The summed E-state index contributed by atoms with van der Waals surface area (Å²) in [4.78, 5) is 91.8. The molecule has 13 nitrogen and oxygen atoms in total. The van der Waals surface area contributed by atoms with Crippen LogP contribution < -0.4 is 10.6 Å². The zero-order chi connectivity index (χ0) is 30.1. The second-order valence-corrected chi connectivity index (χ2v) is 11.1. The maximum Gasteiger partial charge on any atom is 0.323 e. The van der Waals surface area contributed by atoms with Crippen LogP contribution in [0.25, 0.3) is 0 Å². The van der Waals surface area contributed by atoms with E-state index < -0.39 is 66.0 Å².